The topological polar surface area (TPSA) is 318 Å². The Kier molecular flexibility index (Phi) is 29.4. The Hall–Kier alpha value is -7.34. The molecule has 6 rings (SSSR count). The number of carboxylic acid groups (broad SMARTS) is 3. The number of unbranched alkanes of at least 4 members (excludes halogenated alkanes) is 1. The number of aliphatic carboxylic acids is 3. The minimum atomic E-state index is -3.05. The van der Waals surface area contributed by atoms with Crippen LogP contribution in [0.3, 0.4) is 0 Å². The molecule has 0 spiro atoms. The highest BCUT2D eigenvalue weighted by Crippen LogP contribution is 2.31. The minimum absolute atomic E-state index is 0.0149. The first-order valence-electron chi connectivity index (χ1n) is 30.7. The molecule has 3 aliphatic rings. The SMILES string of the molecule is C/N=C/[C@H]1CC(F)(F)CN1C(=O)CNC(=O)c1ccnc2ccc(OCCCN3CCN(C(=O)CC/C=N\N[C@H](CCCCNC(O)CCCc4ccc(C)cc4)NC(=O)CN4CCN(CC(=O)O)CCN(CC(=O)O)CCN(CC(=O)O)CC4)CC3)cc12. The number of halogens is 2. The molecule has 8 N–H and O–H groups in total. The van der Waals surface area contributed by atoms with E-state index in [0.717, 1.165) is 24.3 Å². The molecule has 4 amide bonds. The average Bonchev–Trinajstić information content (AvgIpc) is 3.84. The Morgan fingerprint density at radius 1 is 0.753 bits per heavy atom. The van der Waals surface area contributed by atoms with Crippen LogP contribution < -0.4 is 26.1 Å². The van der Waals surface area contributed by atoms with E-state index in [1.54, 1.807) is 39.1 Å². The van der Waals surface area contributed by atoms with E-state index in [1.807, 2.05) is 16.7 Å². The third kappa shape index (κ3) is 26.0. The predicted octanol–water partition coefficient (Wildman–Crippen LogP) is 1.50. The minimum Gasteiger partial charge on any atom is -0.494 e. The molecule has 26 nitrogen and oxygen atoms in total. The number of hydrogen-bond acceptors (Lipinski definition) is 19. The summed E-state index contributed by atoms with van der Waals surface area (Å²) in [6, 6.07) is 14.2. The molecule has 0 bridgehead atoms. The predicted molar refractivity (Wildman–Crippen MR) is 330 cm³/mol. The second kappa shape index (κ2) is 37.0. The number of carboxylic acids is 3. The number of carbonyl (C=O) groups excluding carboxylic acids is 4. The Balaban J connectivity index is 0.949. The fourth-order valence-corrected chi connectivity index (χ4v) is 10.9. The highest BCUT2D eigenvalue weighted by atomic mass is 19.3. The van der Waals surface area contributed by atoms with Crippen LogP contribution in [-0.4, -0.2) is 283 Å². The quantitative estimate of drug-likeness (QED) is 0.0185. The third-order valence-electron chi connectivity index (χ3n) is 15.8. The van der Waals surface area contributed by atoms with Crippen LogP contribution in [0.4, 0.5) is 8.78 Å². The van der Waals surface area contributed by atoms with E-state index in [0.29, 0.717) is 94.5 Å². The first-order valence-corrected chi connectivity index (χ1v) is 30.7. The van der Waals surface area contributed by atoms with Gasteiger partial charge in [0.25, 0.3) is 11.8 Å². The molecule has 4 heterocycles. The van der Waals surface area contributed by atoms with Crippen LogP contribution in [-0.2, 0) is 35.2 Å². The number of nitrogens with zero attached hydrogens (tertiary/aromatic N) is 10. The lowest BCUT2D eigenvalue weighted by molar-refractivity contribution is -0.140. The van der Waals surface area contributed by atoms with E-state index in [1.165, 1.54) is 36.7 Å². The van der Waals surface area contributed by atoms with Gasteiger partial charge in [0.2, 0.25) is 17.7 Å². The van der Waals surface area contributed by atoms with Crippen LogP contribution in [0, 0.1) is 6.92 Å². The Bertz CT molecular complexity index is 2800. The van der Waals surface area contributed by atoms with Gasteiger partial charge < -0.3 is 45.6 Å². The fourth-order valence-electron chi connectivity index (χ4n) is 10.9. The molecule has 28 heteroatoms. The Morgan fingerprint density at radius 2 is 1.37 bits per heavy atom. The van der Waals surface area contributed by atoms with Gasteiger partial charge in [0.15, 0.2) is 0 Å². The molecule has 89 heavy (non-hydrogen) atoms. The lowest BCUT2D eigenvalue weighted by Gasteiger charge is -2.34. The number of aliphatic hydroxyl groups excluding tert-OH is 1. The van der Waals surface area contributed by atoms with Crippen LogP contribution >= 0.6 is 0 Å². The smallest absolute Gasteiger partial charge is 0.317 e. The molecule has 0 aliphatic carbocycles. The number of aliphatic hydroxyl groups is 1. The van der Waals surface area contributed by atoms with Gasteiger partial charge in [-0.1, -0.05) is 29.8 Å². The number of alkyl halides is 2. The normalized spacial score (nSPS) is 18.6. The molecule has 3 atom stereocenters. The third-order valence-corrected chi connectivity index (χ3v) is 15.8. The largest absolute Gasteiger partial charge is 0.494 e. The van der Waals surface area contributed by atoms with Crippen molar-refractivity contribution < 1.29 is 67.5 Å². The van der Waals surface area contributed by atoms with Crippen molar-refractivity contribution in [2.75, 3.05) is 145 Å². The summed E-state index contributed by atoms with van der Waals surface area (Å²) in [6.45, 7) is 6.00. The lowest BCUT2D eigenvalue weighted by atomic mass is 10.1. The second-order valence-electron chi connectivity index (χ2n) is 22.9. The summed E-state index contributed by atoms with van der Waals surface area (Å²) < 4.78 is 34.3. The van der Waals surface area contributed by atoms with E-state index in [2.05, 4.69) is 65.6 Å². The standard InChI is InChI=1S/C61H90F2N14O12/c1-45-12-14-46(15-13-45)8-5-10-53(78)66-19-4-3-9-52(69-54(79)40-72-23-25-73(41-57(82)83)27-29-75(43-59(86)87)30-28-74(26-24-72)42-58(84)85)70-68-20-6-11-55(80)76-33-31-71(32-34-76)22-7-35-89-48-16-17-51-50(36-48)49(18-21-65-51)60(88)67-39-56(81)77-44-61(62,63)37-47(77)38-64-2/h12-18,20-21,36,38,47,52-53,66,70,78H,3-11,19,22-35,37,39-44H2,1-2H3,(H,67,88)(H,69,79)(H,82,83)(H,84,85)(H,86,87)/b64-38+,68-20-/t47-,52-,53?/m1/s1. The maximum absolute atomic E-state index is 14.1. The number of likely N-dealkylation sites (tertiary alicyclic amines) is 1. The molecule has 3 saturated heterocycles. The molecule has 3 fully saturated rings. The molecule has 1 aromatic heterocycles. The number of benzene rings is 2. The monoisotopic (exact) mass is 1250 g/mol. The highest BCUT2D eigenvalue weighted by Gasteiger charge is 2.46. The summed E-state index contributed by atoms with van der Waals surface area (Å²) in [7, 11) is 1.45. The Morgan fingerprint density at radius 3 is 1.99 bits per heavy atom. The van der Waals surface area contributed by atoms with Gasteiger partial charge in [0, 0.05) is 129 Å². The van der Waals surface area contributed by atoms with Crippen LogP contribution in [0.15, 0.2) is 64.8 Å². The summed E-state index contributed by atoms with van der Waals surface area (Å²) in [5.74, 6) is -7.25. The van der Waals surface area contributed by atoms with Crippen molar-refractivity contribution >= 4 is 64.9 Å². The van der Waals surface area contributed by atoms with E-state index >= 15 is 0 Å². The van der Waals surface area contributed by atoms with Crippen LogP contribution in [0.1, 0.15) is 79.3 Å². The summed E-state index contributed by atoms with van der Waals surface area (Å²) in [5, 5.41) is 53.2. The molecule has 1 unspecified atom stereocenters. The van der Waals surface area contributed by atoms with Crippen LogP contribution in [0.2, 0.25) is 0 Å². The van der Waals surface area contributed by atoms with Crippen LogP contribution in [0.5, 0.6) is 5.75 Å². The van der Waals surface area contributed by atoms with Crippen molar-refractivity contribution in [2.45, 2.75) is 95.5 Å². The van der Waals surface area contributed by atoms with Gasteiger partial charge in [-0.25, -0.2) is 8.78 Å². The van der Waals surface area contributed by atoms with Gasteiger partial charge in [-0.2, -0.15) is 5.10 Å². The van der Waals surface area contributed by atoms with Crippen LogP contribution in [0.25, 0.3) is 10.9 Å². The molecule has 3 aliphatic heterocycles. The zero-order valence-electron chi connectivity index (χ0n) is 51.3. The summed E-state index contributed by atoms with van der Waals surface area (Å²) >= 11 is 0. The van der Waals surface area contributed by atoms with Gasteiger partial charge in [0.1, 0.15) is 18.1 Å². The molecular weight excluding hydrogens is 1160 g/mol. The molecule has 0 radical (unpaired) electrons. The number of piperazine rings is 1. The van der Waals surface area contributed by atoms with Crippen molar-refractivity contribution in [3.05, 3.63) is 71.4 Å². The number of rotatable bonds is 33. The van der Waals surface area contributed by atoms with Crippen molar-refractivity contribution in [3.63, 3.8) is 0 Å². The highest BCUT2D eigenvalue weighted by molar-refractivity contribution is 6.07. The maximum Gasteiger partial charge on any atom is 0.317 e. The second-order valence-corrected chi connectivity index (χ2v) is 22.9. The molecule has 490 valence electrons. The number of carbonyl (C=O) groups is 7. The van der Waals surface area contributed by atoms with Gasteiger partial charge in [-0.3, -0.25) is 78.8 Å². The lowest BCUT2D eigenvalue weighted by Crippen LogP contribution is -2.51. The fraction of sp³-hybridized carbons (Fsp3) is 0.607. The number of amides is 4. The summed E-state index contributed by atoms with van der Waals surface area (Å²) in [4.78, 5) is 109. The number of nitrogens with one attached hydrogen (secondary N) is 4. The average molecular weight is 1250 g/mol. The number of hydrogen-bond donors (Lipinski definition) is 8. The molecular formula is C61H90F2N14O12. The van der Waals surface area contributed by atoms with Gasteiger partial charge >= 0.3 is 17.9 Å². The number of ether oxygens (including phenoxy) is 1. The van der Waals surface area contributed by atoms with Crippen molar-refractivity contribution in [3.8, 4) is 5.75 Å². The number of pyridine rings is 1. The molecule has 3 aromatic rings. The first kappa shape index (κ1) is 70.7. The van der Waals surface area contributed by atoms with Gasteiger partial charge in [-0.15, -0.1) is 0 Å². The van der Waals surface area contributed by atoms with E-state index in [4.69, 9.17) is 4.74 Å². The summed E-state index contributed by atoms with van der Waals surface area (Å²) in [5.41, 5.74) is 6.25. The molecule has 0 saturated carbocycles. The van der Waals surface area contributed by atoms with Crippen molar-refractivity contribution in [2.24, 2.45) is 10.1 Å². The van der Waals surface area contributed by atoms with E-state index in [9.17, 15) is 62.8 Å². The number of aryl methyl sites for hydroxylation is 2. The summed E-state index contributed by atoms with van der Waals surface area (Å²) in [6.07, 6.45) is 7.89. The van der Waals surface area contributed by atoms with Gasteiger partial charge in [0.05, 0.1) is 63.0 Å². The number of hydrazone groups is 1. The number of aromatic nitrogens is 1. The van der Waals surface area contributed by atoms with Gasteiger partial charge in [-0.05, 0) is 94.7 Å². The zero-order chi connectivity index (χ0) is 64.1. The zero-order valence-corrected chi connectivity index (χ0v) is 51.3. The number of fused-ring (bicyclic) bond motifs is 1. The van der Waals surface area contributed by atoms with Crippen molar-refractivity contribution in [1.29, 1.82) is 0 Å². The van der Waals surface area contributed by atoms with E-state index < -0.39 is 73.6 Å². The molecule has 2 aromatic carbocycles. The van der Waals surface area contributed by atoms with E-state index in [-0.39, 0.29) is 102 Å². The first-order chi connectivity index (χ1) is 42.7. The maximum atomic E-state index is 14.1. The Labute approximate surface area is 518 Å². The van der Waals surface area contributed by atoms with Crippen molar-refractivity contribution in [1.82, 2.24) is 60.7 Å². The number of aliphatic imine (C=N–C) groups is 1.